The van der Waals surface area contributed by atoms with Crippen molar-refractivity contribution in [3.8, 4) is 11.5 Å². The van der Waals surface area contributed by atoms with Gasteiger partial charge in [-0.25, -0.2) is 0 Å². The summed E-state index contributed by atoms with van der Waals surface area (Å²) in [6.45, 7) is 2.03. The second kappa shape index (κ2) is 9.90. The summed E-state index contributed by atoms with van der Waals surface area (Å²) in [6, 6.07) is 11.0. The van der Waals surface area contributed by atoms with Gasteiger partial charge in [0.2, 0.25) is 0 Å². The minimum Gasteiger partial charge on any atom is -0.493 e. The topological polar surface area (TPSA) is 79.1 Å². The molecule has 7 nitrogen and oxygen atoms in total. The molecule has 2 aromatic carbocycles. The van der Waals surface area contributed by atoms with Gasteiger partial charge in [0.05, 0.1) is 37.5 Å². The number of carbonyl (C=O) groups excluding carboxylic acids is 2. The van der Waals surface area contributed by atoms with Crippen LogP contribution in [0, 0.1) is 0 Å². The fraction of sp³-hybridized carbons (Fsp3) is 0.286. The first-order chi connectivity index (χ1) is 14.4. The van der Waals surface area contributed by atoms with Gasteiger partial charge in [-0.1, -0.05) is 33.3 Å². The maximum atomic E-state index is 12.7. The van der Waals surface area contributed by atoms with Crippen LogP contribution < -0.4 is 14.3 Å². The lowest BCUT2D eigenvalue weighted by atomic mass is 10.1. The van der Waals surface area contributed by atoms with Gasteiger partial charge < -0.3 is 18.8 Å². The number of rotatable bonds is 7. The number of carbonyl (C=O) groups is 2. The van der Waals surface area contributed by atoms with Gasteiger partial charge in [0.15, 0.2) is 16.3 Å². The van der Waals surface area contributed by atoms with Gasteiger partial charge >= 0.3 is 5.97 Å². The number of aromatic nitrogens is 1. The van der Waals surface area contributed by atoms with Crippen molar-refractivity contribution in [3.05, 3.63) is 51.2 Å². The van der Waals surface area contributed by atoms with Crippen LogP contribution >= 0.6 is 27.3 Å². The molecule has 0 aliphatic carbocycles. The van der Waals surface area contributed by atoms with E-state index in [-0.39, 0.29) is 31.4 Å². The summed E-state index contributed by atoms with van der Waals surface area (Å²) in [7, 11) is 3.10. The van der Waals surface area contributed by atoms with E-state index in [1.54, 1.807) is 43.9 Å². The third-order valence-electron chi connectivity index (χ3n) is 4.26. The van der Waals surface area contributed by atoms with Crippen molar-refractivity contribution in [3.63, 3.8) is 0 Å². The number of ether oxygens (including phenoxy) is 3. The number of thiazole rings is 1. The minimum atomic E-state index is -0.381. The zero-order chi connectivity index (χ0) is 21.7. The number of nitrogens with zero attached hydrogens (tertiary/aromatic N) is 2. The fourth-order valence-corrected chi connectivity index (χ4v) is 4.53. The summed E-state index contributed by atoms with van der Waals surface area (Å²) >= 11 is 4.79. The second-order valence-electron chi connectivity index (χ2n) is 6.26. The SMILES string of the molecule is CCOC(=O)Cn1c(=NC(=O)Cc2ccc(OC)c(OC)c2)sc2cc(Br)ccc21. The average Bonchev–Trinajstić information content (AvgIpc) is 3.03. The van der Waals surface area contributed by atoms with Gasteiger partial charge in [-0.3, -0.25) is 9.59 Å². The molecule has 0 atom stereocenters. The summed E-state index contributed by atoms with van der Waals surface area (Å²) in [4.78, 5) is 29.5. The Labute approximate surface area is 186 Å². The highest BCUT2D eigenvalue weighted by atomic mass is 79.9. The van der Waals surface area contributed by atoms with Crippen LogP contribution in [0.4, 0.5) is 0 Å². The Bertz CT molecular complexity index is 1150. The highest BCUT2D eigenvalue weighted by molar-refractivity contribution is 9.10. The first-order valence-electron chi connectivity index (χ1n) is 9.18. The number of benzene rings is 2. The molecule has 0 saturated carbocycles. The number of hydrogen-bond acceptors (Lipinski definition) is 6. The third-order valence-corrected chi connectivity index (χ3v) is 5.80. The Kier molecular flexibility index (Phi) is 7.28. The molecule has 158 valence electrons. The predicted octanol–water partition coefficient (Wildman–Crippen LogP) is 3.72. The van der Waals surface area contributed by atoms with Gasteiger partial charge in [-0.2, -0.15) is 4.99 Å². The van der Waals surface area contributed by atoms with Crippen molar-refractivity contribution in [1.29, 1.82) is 0 Å². The van der Waals surface area contributed by atoms with E-state index in [2.05, 4.69) is 20.9 Å². The average molecular weight is 493 g/mol. The molecule has 0 saturated heterocycles. The molecule has 0 bridgehead atoms. The van der Waals surface area contributed by atoms with Crippen LogP contribution in [-0.4, -0.2) is 37.3 Å². The molecule has 0 unspecified atom stereocenters. The van der Waals surface area contributed by atoms with Crippen LogP contribution in [0.5, 0.6) is 11.5 Å². The number of amides is 1. The molecule has 0 aliphatic heterocycles. The van der Waals surface area contributed by atoms with E-state index in [1.165, 1.54) is 11.3 Å². The van der Waals surface area contributed by atoms with E-state index < -0.39 is 0 Å². The van der Waals surface area contributed by atoms with E-state index in [0.29, 0.717) is 16.3 Å². The maximum Gasteiger partial charge on any atom is 0.326 e. The van der Waals surface area contributed by atoms with Crippen molar-refractivity contribution in [2.75, 3.05) is 20.8 Å². The quantitative estimate of drug-likeness (QED) is 0.469. The zero-order valence-electron chi connectivity index (χ0n) is 16.8. The first-order valence-corrected chi connectivity index (χ1v) is 10.8. The Morgan fingerprint density at radius 3 is 2.57 bits per heavy atom. The van der Waals surface area contributed by atoms with Crippen molar-refractivity contribution < 1.29 is 23.8 Å². The van der Waals surface area contributed by atoms with Crippen LogP contribution in [0.2, 0.25) is 0 Å². The lowest BCUT2D eigenvalue weighted by Crippen LogP contribution is -2.23. The van der Waals surface area contributed by atoms with Gasteiger partial charge in [-0.15, -0.1) is 0 Å². The van der Waals surface area contributed by atoms with Crippen LogP contribution in [0.3, 0.4) is 0 Å². The van der Waals surface area contributed by atoms with Crippen LogP contribution in [0.25, 0.3) is 10.2 Å². The molecule has 1 aromatic heterocycles. The highest BCUT2D eigenvalue weighted by Gasteiger charge is 2.13. The van der Waals surface area contributed by atoms with Crippen molar-refractivity contribution in [1.82, 2.24) is 4.57 Å². The normalized spacial score (nSPS) is 11.5. The lowest BCUT2D eigenvalue weighted by Gasteiger charge is -2.08. The van der Waals surface area contributed by atoms with Crippen LogP contribution in [0.1, 0.15) is 12.5 Å². The molecule has 3 aromatic rings. The molecule has 1 heterocycles. The predicted molar refractivity (Wildman–Crippen MR) is 118 cm³/mol. The molecule has 0 aliphatic rings. The molecular weight excluding hydrogens is 472 g/mol. The highest BCUT2D eigenvalue weighted by Crippen LogP contribution is 2.28. The number of methoxy groups -OCH3 is 2. The Morgan fingerprint density at radius 1 is 1.10 bits per heavy atom. The summed E-state index contributed by atoms with van der Waals surface area (Å²) < 4.78 is 19.1. The van der Waals surface area contributed by atoms with Gasteiger partial charge in [0.1, 0.15) is 6.54 Å². The number of halogens is 1. The van der Waals surface area contributed by atoms with Crippen molar-refractivity contribution in [2.45, 2.75) is 19.9 Å². The van der Waals surface area contributed by atoms with E-state index in [9.17, 15) is 9.59 Å². The molecule has 3 rings (SSSR count). The van der Waals surface area contributed by atoms with E-state index in [0.717, 1.165) is 20.3 Å². The zero-order valence-corrected chi connectivity index (χ0v) is 19.2. The van der Waals surface area contributed by atoms with Gasteiger partial charge in [0, 0.05) is 4.47 Å². The smallest absolute Gasteiger partial charge is 0.326 e. The Balaban J connectivity index is 1.96. The molecule has 0 spiro atoms. The van der Waals surface area contributed by atoms with Crippen molar-refractivity contribution in [2.24, 2.45) is 4.99 Å². The van der Waals surface area contributed by atoms with Crippen LogP contribution in [-0.2, 0) is 27.3 Å². The third kappa shape index (κ3) is 5.09. The second-order valence-corrected chi connectivity index (χ2v) is 8.18. The summed E-state index contributed by atoms with van der Waals surface area (Å²) in [6.07, 6.45) is 0.0949. The van der Waals surface area contributed by atoms with Crippen LogP contribution in [0.15, 0.2) is 45.9 Å². The van der Waals surface area contributed by atoms with Gasteiger partial charge in [-0.05, 0) is 42.8 Å². The van der Waals surface area contributed by atoms with Gasteiger partial charge in [0.25, 0.3) is 5.91 Å². The number of fused-ring (bicyclic) bond motifs is 1. The number of esters is 1. The standard InChI is InChI=1S/C21H21BrN2O5S/c1-4-29-20(26)12-24-15-7-6-14(22)11-18(15)30-21(24)23-19(25)10-13-5-8-16(27-2)17(9-13)28-3/h5-9,11H,4,10,12H2,1-3H3. The molecule has 9 heteroatoms. The summed E-state index contributed by atoms with van der Waals surface area (Å²) in [5, 5.41) is 0. The fourth-order valence-electron chi connectivity index (χ4n) is 2.93. The van der Waals surface area contributed by atoms with Crippen molar-refractivity contribution >= 4 is 49.4 Å². The molecule has 0 radical (unpaired) electrons. The Hall–Kier alpha value is -2.65. The van der Waals surface area contributed by atoms with E-state index in [1.807, 2.05) is 18.2 Å². The molecule has 0 N–H and O–H groups in total. The Morgan fingerprint density at radius 2 is 1.87 bits per heavy atom. The maximum absolute atomic E-state index is 12.7. The summed E-state index contributed by atoms with van der Waals surface area (Å²) in [5.74, 6) is 0.430. The molecule has 30 heavy (non-hydrogen) atoms. The largest absolute Gasteiger partial charge is 0.493 e. The molecule has 0 fully saturated rings. The molecule has 1 amide bonds. The molecular formula is C21H21BrN2O5S. The van der Waals surface area contributed by atoms with E-state index in [4.69, 9.17) is 14.2 Å². The first kappa shape index (κ1) is 22.0. The summed E-state index contributed by atoms with van der Waals surface area (Å²) in [5.41, 5.74) is 1.57. The number of hydrogen-bond donors (Lipinski definition) is 0. The minimum absolute atomic E-state index is 0.0159. The van der Waals surface area contributed by atoms with E-state index >= 15 is 0 Å². The monoisotopic (exact) mass is 492 g/mol. The lowest BCUT2D eigenvalue weighted by molar-refractivity contribution is -0.143.